The summed E-state index contributed by atoms with van der Waals surface area (Å²) in [5, 5.41) is 14.4. The molecule has 1 aliphatic heterocycles. The molecule has 0 radical (unpaired) electrons. The fourth-order valence-corrected chi connectivity index (χ4v) is 5.66. The van der Waals surface area contributed by atoms with E-state index in [0.717, 1.165) is 12.8 Å². The lowest BCUT2D eigenvalue weighted by atomic mass is 10.2. The molecule has 1 aliphatic rings. The Labute approximate surface area is 183 Å². The first kappa shape index (κ1) is 21.3. The number of rotatable bonds is 6. The van der Waals surface area contributed by atoms with Gasteiger partial charge < -0.3 is 9.88 Å². The van der Waals surface area contributed by atoms with E-state index in [9.17, 15) is 23.3 Å². The molecule has 3 aromatic rings. The number of benzene rings is 2. The van der Waals surface area contributed by atoms with Crippen LogP contribution in [-0.2, 0) is 21.4 Å². The minimum Gasteiger partial charge on any atom is -0.338 e. The molecule has 1 saturated heterocycles. The number of amides is 1. The summed E-state index contributed by atoms with van der Waals surface area (Å²) >= 11 is 6.14. The average Bonchev–Trinajstić information content (AvgIpc) is 3.40. The molecule has 1 aromatic heterocycles. The highest BCUT2D eigenvalue weighted by Gasteiger charge is 2.29. The van der Waals surface area contributed by atoms with Gasteiger partial charge >= 0.3 is 0 Å². The lowest BCUT2D eigenvalue weighted by Crippen LogP contribution is -2.28. The zero-order valence-corrected chi connectivity index (χ0v) is 17.9. The number of nitro benzene ring substituents is 1. The predicted octanol–water partition coefficient (Wildman–Crippen LogP) is 3.63. The maximum Gasteiger partial charge on any atom is 0.270 e. The van der Waals surface area contributed by atoms with Crippen molar-refractivity contribution >= 4 is 49.8 Å². The van der Waals surface area contributed by atoms with E-state index in [1.807, 2.05) is 0 Å². The molecular weight excluding hydrogens is 444 g/mol. The fourth-order valence-electron chi connectivity index (χ4n) is 3.64. The number of hydrogen-bond donors (Lipinski definition) is 1. The van der Waals surface area contributed by atoms with Crippen molar-refractivity contribution in [2.24, 2.45) is 0 Å². The fraction of sp³-hybridized carbons (Fsp3) is 0.250. The van der Waals surface area contributed by atoms with E-state index in [2.05, 4.69) is 5.32 Å². The Kier molecular flexibility index (Phi) is 5.69. The van der Waals surface area contributed by atoms with E-state index in [0.29, 0.717) is 29.7 Å². The van der Waals surface area contributed by atoms with Crippen LogP contribution in [0.1, 0.15) is 12.8 Å². The van der Waals surface area contributed by atoms with Crippen molar-refractivity contribution in [1.29, 1.82) is 0 Å². The molecule has 0 spiro atoms. The zero-order valence-electron chi connectivity index (χ0n) is 16.3. The molecule has 162 valence electrons. The second kappa shape index (κ2) is 8.29. The molecule has 9 nitrogen and oxygen atoms in total. The van der Waals surface area contributed by atoms with Crippen LogP contribution < -0.4 is 5.32 Å². The number of hydrogen-bond acceptors (Lipinski definition) is 5. The van der Waals surface area contributed by atoms with Gasteiger partial charge in [-0.2, -0.15) is 4.31 Å². The van der Waals surface area contributed by atoms with E-state index in [-0.39, 0.29) is 28.1 Å². The number of non-ortho nitro benzene ring substituents is 1. The van der Waals surface area contributed by atoms with Crippen LogP contribution in [-0.4, -0.2) is 41.2 Å². The van der Waals surface area contributed by atoms with E-state index in [4.69, 9.17) is 11.6 Å². The zero-order chi connectivity index (χ0) is 22.2. The molecule has 4 rings (SSSR count). The first-order valence-electron chi connectivity index (χ1n) is 9.58. The summed E-state index contributed by atoms with van der Waals surface area (Å²) in [7, 11) is -3.73. The minimum atomic E-state index is -3.73. The van der Waals surface area contributed by atoms with Crippen molar-refractivity contribution in [3.63, 3.8) is 0 Å². The number of fused-ring (bicyclic) bond motifs is 1. The number of anilines is 1. The lowest BCUT2D eigenvalue weighted by molar-refractivity contribution is -0.384. The third-order valence-electron chi connectivity index (χ3n) is 5.18. The number of carbonyl (C=O) groups excluding carboxylic acids is 1. The van der Waals surface area contributed by atoms with Crippen LogP contribution >= 0.6 is 11.6 Å². The third kappa shape index (κ3) is 4.27. The molecule has 2 heterocycles. The van der Waals surface area contributed by atoms with Gasteiger partial charge in [-0.3, -0.25) is 14.9 Å². The SMILES string of the molecule is O=C(Cn1ccc2cc([N+](=O)[O-])ccc21)Nc1ccc(Cl)c(S(=O)(=O)N2CCCC2)c1. The summed E-state index contributed by atoms with van der Waals surface area (Å²) in [6.07, 6.45) is 3.28. The molecule has 1 N–H and O–H groups in total. The Morgan fingerprint density at radius 1 is 1.13 bits per heavy atom. The van der Waals surface area contributed by atoms with Gasteiger partial charge in [0.2, 0.25) is 15.9 Å². The second-order valence-corrected chi connectivity index (χ2v) is 9.56. The molecule has 0 bridgehead atoms. The molecule has 0 unspecified atom stereocenters. The van der Waals surface area contributed by atoms with E-state index < -0.39 is 14.9 Å². The standard InChI is InChI=1S/C20H19ClN4O5S/c21-17-5-3-15(12-19(17)31(29,30)24-8-1-2-9-24)22-20(26)13-23-10-7-14-11-16(25(27)28)4-6-18(14)23/h3-7,10-12H,1-2,8-9,13H2,(H,22,26). The molecule has 1 amide bonds. The molecular formula is C20H19ClN4O5S. The van der Waals surface area contributed by atoms with Crippen LogP contribution in [0, 0.1) is 10.1 Å². The van der Waals surface area contributed by atoms with Crippen LogP contribution in [0.4, 0.5) is 11.4 Å². The van der Waals surface area contributed by atoms with Crippen molar-refractivity contribution < 1.29 is 18.1 Å². The number of carbonyl (C=O) groups is 1. The highest BCUT2D eigenvalue weighted by atomic mass is 35.5. The Bertz CT molecular complexity index is 1280. The van der Waals surface area contributed by atoms with Gasteiger partial charge in [0.1, 0.15) is 11.4 Å². The number of nitrogens with one attached hydrogen (secondary N) is 1. The van der Waals surface area contributed by atoms with Crippen molar-refractivity contribution in [3.8, 4) is 0 Å². The molecule has 0 atom stereocenters. The molecule has 0 saturated carbocycles. The first-order chi connectivity index (χ1) is 14.8. The summed E-state index contributed by atoms with van der Waals surface area (Å²) in [5.41, 5.74) is 0.969. The maximum absolute atomic E-state index is 12.8. The van der Waals surface area contributed by atoms with Gasteiger partial charge in [-0.05, 0) is 43.2 Å². The Morgan fingerprint density at radius 2 is 1.87 bits per heavy atom. The number of halogens is 1. The summed E-state index contributed by atoms with van der Waals surface area (Å²) < 4.78 is 28.7. The summed E-state index contributed by atoms with van der Waals surface area (Å²) in [4.78, 5) is 23.0. The molecule has 2 aromatic carbocycles. The molecule has 0 aliphatic carbocycles. The third-order valence-corrected chi connectivity index (χ3v) is 7.56. The van der Waals surface area contributed by atoms with Crippen LogP contribution in [0.25, 0.3) is 10.9 Å². The minimum absolute atomic E-state index is 0.0254. The normalized spacial score (nSPS) is 14.7. The number of aromatic nitrogens is 1. The highest BCUT2D eigenvalue weighted by molar-refractivity contribution is 7.89. The van der Waals surface area contributed by atoms with Crippen LogP contribution in [0.3, 0.4) is 0 Å². The van der Waals surface area contributed by atoms with Crippen molar-refractivity contribution in [2.45, 2.75) is 24.3 Å². The van der Waals surface area contributed by atoms with Gasteiger partial charge in [0.05, 0.1) is 9.95 Å². The number of nitro groups is 1. The van der Waals surface area contributed by atoms with Crippen molar-refractivity contribution in [2.75, 3.05) is 18.4 Å². The van der Waals surface area contributed by atoms with Crippen molar-refractivity contribution in [1.82, 2.24) is 8.87 Å². The monoisotopic (exact) mass is 462 g/mol. The lowest BCUT2D eigenvalue weighted by Gasteiger charge is -2.17. The van der Waals surface area contributed by atoms with E-state index >= 15 is 0 Å². The van der Waals surface area contributed by atoms with E-state index in [1.54, 1.807) is 29.0 Å². The topological polar surface area (TPSA) is 115 Å². The molecule has 11 heteroatoms. The molecule has 1 fully saturated rings. The second-order valence-electron chi connectivity index (χ2n) is 7.25. The Morgan fingerprint density at radius 3 is 2.58 bits per heavy atom. The summed E-state index contributed by atoms with van der Waals surface area (Å²) in [6, 6.07) is 10.5. The predicted molar refractivity (Wildman–Crippen MR) is 117 cm³/mol. The first-order valence-corrected chi connectivity index (χ1v) is 11.4. The summed E-state index contributed by atoms with van der Waals surface area (Å²) in [5.74, 6) is -0.373. The molecule has 31 heavy (non-hydrogen) atoms. The highest BCUT2D eigenvalue weighted by Crippen LogP contribution is 2.30. The number of nitrogens with zero attached hydrogens (tertiary/aromatic N) is 3. The van der Waals surface area contributed by atoms with Crippen molar-refractivity contribution in [3.05, 3.63) is 63.8 Å². The average molecular weight is 463 g/mol. The maximum atomic E-state index is 12.8. The number of sulfonamides is 1. The Hall–Kier alpha value is -2.95. The van der Waals surface area contributed by atoms with Crippen LogP contribution in [0.5, 0.6) is 0 Å². The van der Waals surface area contributed by atoms with E-state index in [1.165, 1.54) is 28.6 Å². The largest absolute Gasteiger partial charge is 0.338 e. The Balaban J connectivity index is 1.53. The quantitative estimate of drug-likeness (QED) is 0.443. The van der Waals surface area contributed by atoms with Crippen LogP contribution in [0.15, 0.2) is 53.6 Å². The smallest absolute Gasteiger partial charge is 0.270 e. The summed E-state index contributed by atoms with van der Waals surface area (Å²) in [6.45, 7) is 0.861. The van der Waals surface area contributed by atoms with Gasteiger partial charge in [0.25, 0.3) is 5.69 Å². The van der Waals surface area contributed by atoms with Crippen LogP contribution in [0.2, 0.25) is 5.02 Å². The van der Waals surface area contributed by atoms with Gasteiger partial charge in [0, 0.05) is 48.0 Å². The van der Waals surface area contributed by atoms with Gasteiger partial charge in [-0.15, -0.1) is 0 Å². The van der Waals surface area contributed by atoms with Gasteiger partial charge in [-0.1, -0.05) is 11.6 Å². The van der Waals surface area contributed by atoms with Gasteiger partial charge in [-0.25, -0.2) is 8.42 Å². The van der Waals surface area contributed by atoms with Gasteiger partial charge in [0.15, 0.2) is 0 Å².